The number of carbonyl (C=O) groups excluding carboxylic acids is 3. The molecule has 1 amide bonds. The van der Waals surface area contributed by atoms with Gasteiger partial charge in [0, 0.05) is 15.6 Å². The number of carbonyl (C=O) groups is 3. The Morgan fingerprint density at radius 2 is 1.34 bits per heavy atom. The lowest BCUT2D eigenvalue weighted by atomic mass is 9.74. The number of ketones is 2. The highest BCUT2D eigenvalue weighted by Gasteiger charge is 2.48. The van der Waals surface area contributed by atoms with Crippen LogP contribution < -0.4 is 11.1 Å². The van der Waals surface area contributed by atoms with Gasteiger partial charge >= 0.3 is 6.09 Å². The number of rotatable bonds is 3. The molecule has 0 spiro atoms. The summed E-state index contributed by atoms with van der Waals surface area (Å²) in [6.45, 7) is 5.23. The van der Waals surface area contributed by atoms with Gasteiger partial charge in [-0.05, 0) is 77.0 Å². The van der Waals surface area contributed by atoms with Crippen molar-refractivity contribution in [3.05, 3.63) is 69.7 Å². The fourth-order valence-electron chi connectivity index (χ4n) is 5.06. The molecule has 0 radical (unpaired) electrons. The number of benzene rings is 2. The van der Waals surface area contributed by atoms with Crippen LogP contribution >= 0.6 is 48.0 Å². The third-order valence-corrected chi connectivity index (χ3v) is 7.61. The summed E-state index contributed by atoms with van der Waals surface area (Å²) in [5, 5.41) is 23.1. The zero-order valence-corrected chi connectivity index (χ0v) is 26.3. The van der Waals surface area contributed by atoms with Crippen molar-refractivity contribution in [2.75, 3.05) is 0 Å². The summed E-state index contributed by atoms with van der Waals surface area (Å²) in [6, 6.07) is 13.9. The molecule has 0 unspecified atom stereocenters. The molecule has 0 heterocycles. The maximum atomic E-state index is 12.7. The number of ether oxygens (including phenoxy) is 1. The topological polar surface area (TPSA) is 139 Å². The summed E-state index contributed by atoms with van der Waals surface area (Å²) in [4.78, 5) is 36.9. The standard InChI is InChI=1S/C17H22ClNO4.C12H14ClNO2.2ClH/c1-16(2,3)23-15(22)19-17(10-6-9-13(20)14(17)21)11-7-4-5-8-12(11)18;13-9-5-2-1-4-8(9)12(14)7-3-6-10(15)11(12)16;;/h4-5,7-8,13,20H,6,9-10H2,1-3H3,(H,19,22);1-2,4-5,10,15H,3,6-7,14H2;2*1H/t13-,17-;10-,12-;;/m11../s1. The molecule has 0 aliphatic heterocycles. The first-order valence-corrected chi connectivity index (χ1v) is 13.7. The van der Waals surface area contributed by atoms with Gasteiger partial charge in [0.05, 0.1) is 0 Å². The van der Waals surface area contributed by atoms with Crippen LogP contribution in [0.5, 0.6) is 0 Å². The van der Waals surface area contributed by atoms with Gasteiger partial charge in [-0.2, -0.15) is 0 Å². The second kappa shape index (κ2) is 15.0. The molecule has 8 nitrogen and oxygen atoms in total. The number of aliphatic hydroxyl groups is 2. The van der Waals surface area contributed by atoms with Crippen LogP contribution in [-0.2, 0) is 25.4 Å². The third kappa shape index (κ3) is 8.57. The van der Waals surface area contributed by atoms with Crippen molar-refractivity contribution >= 4 is 65.7 Å². The largest absolute Gasteiger partial charge is 0.444 e. The molecule has 4 rings (SSSR count). The number of nitrogens with two attached hydrogens (primary N) is 1. The second-order valence-corrected chi connectivity index (χ2v) is 11.8. The third-order valence-electron chi connectivity index (χ3n) is 6.95. The van der Waals surface area contributed by atoms with E-state index in [1.165, 1.54) is 0 Å². The minimum absolute atomic E-state index is 0. The molecule has 4 atom stereocenters. The summed E-state index contributed by atoms with van der Waals surface area (Å²) in [6.07, 6.45) is 0.287. The van der Waals surface area contributed by atoms with Crippen molar-refractivity contribution in [3.63, 3.8) is 0 Å². The molecule has 228 valence electrons. The average Bonchev–Trinajstić information content (AvgIpc) is 2.85. The Morgan fingerprint density at radius 1 is 0.878 bits per heavy atom. The molecule has 5 N–H and O–H groups in total. The first-order valence-electron chi connectivity index (χ1n) is 13.0. The van der Waals surface area contributed by atoms with Gasteiger partial charge in [-0.1, -0.05) is 59.6 Å². The normalized spacial score (nSPS) is 26.0. The summed E-state index contributed by atoms with van der Waals surface area (Å²) in [5.41, 5.74) is 4.03. The smallest absolute Gasteiger partial charge is 0.408 e. The van der Waals surface area contributed by atoms with Crippen molar-refractivity contribution < 1.29 is 29.3 Å². The fraction of sp³-hybridized carbons (Fsp3) is 0.483. The minimum atomic E-state index is -1.36. The predicted molar refractivity (Wildman–Crippen MR) is 164 cm³/mol. The minimum Gasteiger partial charge on any atom is -0.444 e. The van der Waals surface area contributed by atoms with E-state index in [2.05, 4.69) is 5.32 Å². The van der Waals surface area contributed by atoms with Crippen molar-refractivity contribution in [2.45, 2.75) is 88.2 Å². The predicted octanol–water partition coefficient (Wildman–Crippen LogP) is 5.63. The van der Waals surface area contributed by atoms with E-state index >= 15 is 0 Å². The van der Waals surface area contributed by atoms with E-state index in [0.29, 0.717) is 53.3 Å². The molecule has 2 aromatic carbocycles. The maximum absolute atomic E-state index is 12.7. The molecule has 0 bridgehead atoms. The van der Waals surface area contributed by atoms with Crippen LogP contribution in [0.3, 0.4) is 0 Å². The van der Waals surface area contributed by atoms with Crippen LogP contribution in [0.15, 0.2) is 48.5 Å². The van der Waals surface area contributed by atoms with E-state index < -0.39 is 40.8 Å². The molecule has 2 aliphatic carbocycles. The highest BCUT2D eigenvalue weighted by Crippen LogP contribution is 2.39. The van der Waals surface area contributed by atoms with E-state index in [4.69, 9.17) is 33.7 Å². The molecular weight excluding hydrogens is 614 g/mol. The number of hydrogen-bond donors (Lipinski definition) is 4. The molecule has 2 fully saturated rings. The molecule has 41 heavy (non-hydrogen) atoms. The number of hydrogen-bond acceptors (Lipinski definition) is 7. The quantitative estimate of drug-likeness (QED) is 0.338. The lowest BCUT2D eigenvalue weighted by molar-refractivity contribution is -0.138. The summed E-state index contributed by atoms with van der Waals surface area (Å²) >= 11 is 12.3. The maximum Gasteiger partial charge on any atom is 0.408 e. The lowest BCUT2D eigenvalue weighted by Crippen LogP contribution is -2.58. The Kier molecular flexibility index (Phi) is 13.6. The average molecular weight is 652 g/mol. The van der Waals surface area contributed by atoms with Gasteiger partial charge in [-0.25, -0.2) is 4.79 Å². The molecule has 0 saturated heterocycles. The highest BCUT2D eigenvalue weighted by atomic mass is 35.5. The first-order chi connectivity index (χ1) is 18.2. The van der Waals surface area contributed by atoms with Gasteiger partial charge in [0.15, 0.2) is 11.6 Å². The van der Waals surface area contributed by atoms with E-state index in [1.54, 1.807) is 69.3 Å². The van der Waals surface area contributed by atoms with Crippen LogP contribution in [-0.4, -0.2) is 45.7 Å². The molecule has 2 aliphatic rings. The van der Waals surface area contributed by atoms with Gasteiger partial charge in [0.1, 0.15) is 28.9 Å². The Bertz CT molecular complexity index is 1220. The van der Waals surface area contributed by atoms with Crippen LogP contribution in [0.4, 0.5) is 4.79 Å². The number of Topliss-reactive ketones (excluding diaryl/α,β-unsaturated/α-hetero) is 2. The monoisotopic (exact) mass is 650 g/mol. The van der Waals surface area contributed by atoms with Crippen molar-refractivity contribution in [1.82, 2.24) is 5.32 Å². The van der Waals surface area contributed by atoms with Gasteiger partial charge < -0.3 is 26.0 Å². The van der Waals surface area contributed by atoms with Crippen molar-refractivity contribution in [1.29, 1.82) is 0 Å². The van der Waals surface area contributed by atoms with Crippen LogP contribution in [0.25, 0.3) is 0 Å². The van der Waals surface area contributed by atoms with E-state index in [9.17, 15) is 24.6 Å². The zero-order chi connectivity index (χ0) is 29.0. The molecule has 0 aromatic heterocycles. The van der Waals surface area contributed by atoms with Crippen molar-refractivity contribution in [2.24, 2.45) is 5.73 Å². The molecule has 2 aromatic rings. The number of amides is 1. The number of halogens is 4. The first kappa shape index (κ1) is 37.1. The summed E-state index contributed by atoms with van der Waals surface area (Å²) in [7, 11) is 0. The lowest BCUT2D eigenvalue weighted by Gasteiger charge is -2.39. The van der Waals surface area contributed by atoms with Crippen molar-refractivity contribution in [3.8, 4) is 0 Å². The summed E-state index contributed by atoms with van der Waals surface area (Å²) in [5.74, 6) is -0.783. The fourth-order valence-corrected chi connectivity index (χ4v) is 5.66. The highest BCUT2D eigenvalue weighted by molar-refractivity contribution is 6.32. The Hall–Kier alpha value is -1.91. The van der Waals surface area contributed by atoms with Gasteiger partial charge in [0.2, 0.25) is 0 Å². The Labute approximate surface area is 263 Å². The van der Waals surface area contributed by atoms with Gasteiger partial charge in [-0.15, -0.1) is 24.8 Å². The molecular formula is C29H38Cl4N2O6. The number of aliphatic hydroxyl groups excluding tert-OH is 2. The Morgan fingerprint density at radius 3 is 1.85 bits per heavy atom. The Balaban J connectivity index is 0.000000413. The van der Waals surface area contributed by atoms with Crippen LogP contribution in [0.1, 0.15) is 70.4 Å². The van der Waals surface area contributed by atoms with E-state index in [-0.39, 0.29) is 30.6 Å². The van der Waals surface area contributed by atoms with Crippen LogP contribution in [0, 0.1) is 0 Å². The van der Waals surface area contributed by atoms with E-state index in [0.717, 1.165) is 6.42 Å². The SMILES string of the molecule is CC(C)(C)OC(=O)N[C@@]1(c2ccccc2Cl)CCC[C@@H](O)C1=O.Cl.Cl.N[C@@]1(c2ccccc2Cl)CCC[C@@H](O)C1=O. The van der Waals surface area contributed by atoms with Gasteiger partial charge in [-0.3, -0.25) is 9.59 Å². The number of nitrogens with one attached hydrogen (secondary N) is 1. The van der Waals surface area contributed by atoms with Gasteiger partial charge in [0.25, 0.3) is 0 Å². The zero-order valence-electron chi connectivity index (χ0n) is 23.2. The second-order valence-electron chi connectivity index (χ2n) is 11.0. The van der Waals surface area contributed by atoms with E-state index in [1.807, 2.05) is 0 Å². The molecule has 2 saturated carbocycles. The van der Waals surface area contributed by atoms with Crippen LogP contribution in [0.2, 0.25) is 10.0 Å². The summed E-state index contributed by atoms with van der Waals surface area (Å²) < 4.78 is 5.28. The molecule has 12 heteroatoms. The number of alkyl carbamates (subject to hydrolysis) is 1.